The summed E-state index contributed by atoms with van der Waals surface area (Å²) in [4.78, 5) is 10.5. The summed E-state index contributed by atoms with van der Waals surface area (Å²) in [5.41, 5.74) is 2.67. The number of nitrogen functional groups attached to an aromatic ring is 1. The number of piperidine rings is 1. The van der Waals surface area contributed by atoms with Crippen LogP contribution in [0.4, 0.5) is 11.8 Å². The van der Waals surface area contributed by atoms with E-state index in [-0.39, 0.29) is 0 Å². The molecule has 1 aliphatic heterocycles. The van der Waals surface area contributed by atoms with Gasteiger partial charge in [0, 0.05) is 24.8 Å². The van der Waals surface area contributed by atoms with Gasteiger partial charge in [-0.05, 0) is 26.7 Å². The summed E-state index contributed by atoms with van der Waals surface area (Å²) in [7, 11) is 0. The molecular formula is C11H19N5O. The highest BCUT2D eigenvalue weighted by atomic mass is 16.3. The van der Waals surface area contributed by atoms with Gasteiger partial charge in [-0.25, -0.2) is 10.8 Å². The number of anilines is 2. The van der Waals surface area contributed by atoms with Crippen LogP contribution in [0.1, 0.15) is 25.5 Å². The van der Waals surface area contributed by atoms with Crippen LogP contribution in [0.15, 0.2) is 6.07 Å². The molecule has 0 radical (unpaired) electrons. The van der Waals surface area contributed by atoms with Crippen LogP contribution in [0.5, 0.6) is 0 Å². The quantitative estimate of drug-likeness (QED) is 0.510. The van der Waals surface area contributed by atoms with E-state index in [1.807, 2.05) is 19.9 Å². The fourth-order valence-corrected chi connectivity index (χ4v) is 2.19. The molecule has 0 spiro atoms. The third-order valence-electron chi connectivity index (χ3n) is 2.97. The van der Waals surface area contributed by atoms with Gasteiger partial charge in [0.2, 0.25) is 5.95 Å². The van der Waals surface area contributed by atoms with Crippen molar-refractivity contribution in [1.82, 2.24) is 9.97 Å². The molecule has 1 fully saturated rings. The monoisotopic (exact) mass is 237 g/mol. The van der Waals surface area contributed by atoms with Crippen molar-refractivity contribution in [3.63, 3.8) is 0 Å². The summed E-state index contributed by atoms with van der Waals surface area (Å²) in [6.45, 7) is 5.24. The first kappa shape index (κ1) is 12.1. The van der Waals surface area contributed by atoms with E-state index in [4.69, 9.17) is 5.84 Å². The lowest BCUT2D eigenvalue weighted by Crippen LogP contribution is -2.46. The summed E-state index contributed by atoms with van der Waals surface area (Å²) in [5.74, 6) is 6.55. The molecule has 0 aliphatic carbocycles. The number of aryl methyl sites for hydroxylation is 1. The van der Waals surface area contributed by atoms with Gasteiger partial charge in [-0.1, -0.05) is 0 Å². The minimum atomic E-state index is -0.645. The number of nitrogens with one attached hydrogen (secondary N) is 1. The van der Waals surface area contributed by atoms with E-state index in [0.717, 1.165) is 30.9 Å². The van der Waals surface area contributed by atoms with Gasteiger partial charge in [-0.3, -0.25) is 5.43 Å². The Morgan fingerprint density at radius 2 is 2.29 bits per heavy atom. The van der Waals surface area contributed by atoms with Crippen LogP contribution in [0, 0.1) is 6.92 Å². The van der Waals surface area contributed by atoms with Crippen LogP contribution in [0.25, 0.3) is 0 Å². The normalized spacial score (nSPS) is 24.8. The largest absolute Gasteiger partial charge is 0.388 e. The summed E-state index contributed by atoms with van der Waals surface area (Å²) in [6, 6.07) is 1.90. The molecule has 2 rings (SSSR count). The predicted octanol–water partition coefficient (Wildman–Crippen LogP) is 0.422. The van der Waals surface area contributed by atoms with Gasteiger partial charge in [0.15, 0.2) is 0 Å². The van der Waals surface area contributed by atoms with E-state index >= 15 is 0 Å². The van der Waals surface area contributed by atoms with Crippen LogP contribution >= 0.6 is 0 Å². The number of hydrazine groups is 1. The third kappa shape index (κ3) is 2.83. The first-order chi connectivity index (χ1) is 8.00. The van der Waals surface area contributed by atoms with Crippen molar-refractivity contribution < 1.29 is 5.11 Å². The zero-order valence-electron chi connectivity index (χ0n) is 10.3. The van der Waals surface area contributed by atoms with Crippen molar-refractivity contribution in [2.45, 2.75) is 32.3 Å². The lowest BCUT2D eigenvalue weighted by Gasteiger charge is -2.37. The zero-order valence-corrected chi connectivity index (χ0v) is 10.3. The molecule has 1 aliphatic rings. The molecule has 6 nitrogen and oxygen atoms in total. The van der Waals surface area contributed by atoms with Gasteiger partial charge in [0.1, 0.15) is 5.82 Å². The maximum absolute atomic E-state index is 10.1. The van der Waals surface area contributed by atoms with Gasteiger partial charge in [0.05, 0.1) is 5.60 Å². The van der Waals surface area contributed by atoms with Gasteiger partial charge in [0.25, 0.3) is 0 Å². The van der Waals surface area contributed by atoms with Gasteiger partial charge < -0.3 is 10.0 Å². The molecule has 1 unspecified atom stereocenters. The van der Waals surface area contributed by atoms with Crippen molar-refractivity contribution in [3.8, 4) is 0 Å². The summed E-state index contributed by atoms with van der Waals surface area (Å²) < 4.78 is 0. The Hall–Kier alpha value is -1.40. The Balaban J connectivity index is 2.24. The molecular weight excluding hydrogens is 218 g/mol. The molecule has 17 heavy (non-hydrogen) atoms. The van der Waals surface area contributed by atoms with E-state index in [9.17, 15) is 5.11 Å². The maximum atomic E-state index is 10.1. The predicted molar refractivity (Wildman–Crippen MR) is 66.6 cm³/mol. The van der Waals surface area contributed by atoms with Gasteiger partial charge >= 0.3 is 0 Å². The molecule has 1 aromatic heterocycles. The summed E-state index contributed by atoms with van der Waals surface area (Å²) in [5, 5.41) is 10.1. The third-order valence-corrected chi connectivity index (χ3v) is 2.97. The highest BCUT2D eigenvalue weighted by Crippen LogP contribution is 2.25. The Bertz CT molecular complexity index is 407. The number of nitrogens with two attached hydrogens (primary N) is 1. The molecule has 0 amide bonds. The van der Waals surface area contributed by atoms with E-state index in [0.29, 0.717) is 12.5 Å². The summed E-state index contributed by atoms with van der Waals surface area (Å²) in [6.07, 6.45) is 1.79. The van der Waals surface area contributed by atoms with Crippen LogP contribution in [0.2, 0.25) is 0 Å². The molecule has 1 atom stereocenters. The molecule has 6 heteroatoms. The number of hydrogen-bond donors (Lipinski definition) is 3. The fraction of sp³-hybridized carbons (Fsp3) is 0.636. The SMILES string of the molecule is Cc1cc(N2CCCC(C)(O)C2)nc(NN)n1. The second-order valence-corrected chi connectivity index (χ2v) is 4.86. The maximum Gasteiger partial charge on any atom is 0.239 e. The molecule has 1 aromatic rings. The van der Waals surface area contributed by atoms with Crippen LogP contribution in [-0.4, -0.2) is 33.8 Å². The molecule has 1 saturated heterocycles. The van der Waals surface area contributed by atoms with Crippen molar-refractivity contribution in [1.29, 1.82) is 0 Å². The second-order valence-electron chi connectivity index (χ2n) is 4.86. The number of hydrogen-bond acceptors (Lipinski definition) is 6. The van der Waals surface area contributed by atoms with Crippen molar-refractivity contribution >= 4 is 11.8 Å². The average Bonchev–Trinajstić information content (AvgIpc) is 2.27. The Labute approximate surface area is 101 Å². The lowest BCUT2D eigenvalue weighted by atomic mass is 9.95. The van der Waals surface area contributed by atoms with Crippen molar-refractivity contribution in [2.75, 3.05) is 23.4 Å². The smallest absolute Gasteiger partial charge is 0.239 e. The number of β-amino-alcohol motifs (C(OH)–C–C–N with tert-alkyl or cyclic N) is 1. The topological polar surface area (TPSA) is 87.3 Å². The molecule has 0 bridgehead atoms. The summed E-state index contributed by atoms with van der Waals surface area (Å²) >= 11 is 0. The van der Waals surface area contributed by atoms with E-state index in [1.54, 1.807) is 0 Å². The standard InChI is InChI=1S/C11H19N5O/c1-8-6-9(14-10(13-8)15-12)16-5-3-4-11(2,17)7-16/h6,17H,3-5,7,12H2,1-2H3,(H,13,14,15). The van der Waals surface area contributed by atoms with Gasteiger partial charge in [-0.15, -0.1) is 0 Å². The second kappa shape index (κ2) is 4.46. The Kier molecular flexibility index (Phi) is 3.17. The number of aromatic nitrogens is 2. The molecule has 0 aromatic carbocycles. The minimum Gasteiger partial charge on any atom is -0.388 e. The van der Waals surface area contributed by atoms with Gasteiger partial charge in [-0.2, -0.15) is 4.98 Å². The van der Waals surface area contributed by atoms with E-state index in [2.05, 4.69) is 20.3 Å². The molecule has 2 heterocycles. The molecule has 4 N–H and O–H groups in total. The van der Waals surface area contributed by atoms with E-state index < -0.39 is 5.60 Å². The van der Waals surface area contributed by atoms with Crippen molar-refractivity contribution in [3.05, 3.63) is 11.8 Å². The highest BCUT2D eigenvalue weighted by Gasteiger charge is 2.29. The molecule has 94 valence electrons. The van der Waals surface area contributed by atoms with Crippen molar-refractivity contribution in [2.24, 2.45) is 5.84 Å². The van der Waals surface area contributed by atoms with E-state index in [1.165, 1.54) is 0 Å². The highest BCUT2D eigenvalue weighted by molar-refractivity contribution is 5.45. The number of rotatable bonds is 2. The Morgan fingerprint density at radius 3 is 2.94 bits per heavy atom. The molecule has 0 saturated carbocycles. The zero-order chi connectivity index (χ0) is 12.5. The first-order valence-corrected chi connectivity index (χ1v) is 5.80. The van der Waals surface area contributed by atoms with Crippen LogP contribution < -0.4 is 16.2 Å². The minimum absolute atomic E-state index is 0.408. The Morgan fingerprint density at radius 1 is 1.53 bits per heavy atom. The van der Waals surface area contributed by atoms with Crippen LogP contribution in [-0.2, 0) is 0 Å². The fourth-order valence-electron chi connectivity index (χ4n) is 2.19. The average molecular weight is 237 g/mol. The first-order valence-electron chi connectivity index (χ1n) is 5.80. The van der Waals surface area contributed by atoms with Crippen LogP contribution in [0.3, 0.4) is 0 Å². The number of aliphatic hydroxyl groups is 1. The lowest BCUT2D eigenvalue weighted by molar-refractivity contribution is 0.0447. The number of nitrogens with zero attached hydrogens (tertiary/aromatic N) is 3.